The van der Waals surface area contributed by atoms with Gasteiger partial charge in [-0.15, -0.1) is 11.3 Å². The second-order valence-electron chi connectivity index (χ2n) is 6.51. The van der Waals surface area contributed by atoms with Crippen LogP contribution < -0.4 is 9.47 Å². The van der Waals surface area contributed by atoms with E-state index in [9.17, 15) is 13.6 Å². The minimum Gasteiger partial charge on any atom is -0.496 e. The number of benzene rings is 2. The predicted molar refractivity (Wildman–Crippen MR) is 107 cm³/mol. The number of hydrogen-bond donors (Lipinski definition) is 0. The highest BCUT2D eigenvalue weighted by molar-refractivity contribution is 7.17. The number of halogens is 2. The first-order chi connectivity index (χ1) is 13.3. The van der Waals surface area contributed by atoms with E-state index in [2.05, 4.69) is 0 Å². The summed E-state index contributed by atoms with van der Waals surface area (Å²) in [6.07, 6.45) is 0. The highest BCUT2D eigenvalue weighted by Gasteiger charge is 2.22. The Morgan fingerprint density at radius 2 is 1.54 bits per heavy atom. The molecule has 0 bridgehead atoms. The number of hydrogen-bond acceptors (Lipinski definition) is 4. The Morgan fingerprint density at radius 3 is 2.11 bits per heavy atom. The number of methoxy groups -OCH3 is 2. The van der Waals surface area contributed by atoms with Crippen molar-refractivity contribution in [3.8, 4) is 21.9 Å². The molecule has 0 radical (unpaired) electrons. The summed E-state index contributed by atoms with van der Waals surface area (Å²) < 4.78 is 38.1. The van der Waals surface area contributed by atoms with E-state index in [1.165, 1.54) is 18.4 Å². The molecule has 28 heavy (non-hydrogen) atoms. The van der Waals surface area contributed by atoms with Crippen LogP contribution in [-0.2, 0) is 0 Å². The summed E-state index contributed by atoms with van der Waals surface area (Å²) in [6, 6.07) is 8.47. The van der Waals surface area contributed by atoms with E-state index in [0.717, 1.165) is 33.4 Å². The lowest BCUT2D eigenvalue weighted by Gasteiger charge is -2.11. The molecule has 0 N–H and O–H groups in total. The number of carbonyl (C=O) groups is 1. The number of ether oxygens (including phenoxy) is 2. The summed E-state index contributed by atoms with van der Waals surface area (Å²) in [5.41, 5.74) is 3.34. The number of carbonyl (C=O) groups excluding carboxylic acids is 1. The fraction of sp³-hybridized carbons (Fsp3) is 0.227. The van der Waals surface area contributed by atoms with Crippen molar-refractivity contribution in [2.45, 2.75) is 20.8 Å². The molecule has 1 heterocycles. The molecule has 0 aliphatic rings. The summed E-state index contributed by atoms with van der Waals surface area (Å²) in [5.74, 6) is -1.98. The standard InChI is InChI=1S/C22H20F2O3S/c1-11-8-14(9-12(2)21(11)26-4)17-6-7-18(28-17)20(25)15-10-16(23)19(24)22(27-5)13(15)3/h6-10H,1-5H3. The van der Waals surface area contributed by atoms with Gasteiger partial charge in [0.1, 0.15) is 5.75 Å². The van der Waals surface area contributed by atoms with Crippen molar-refractivity contribution in [3.63, 3.8) is 0 Å². The van der Waals surface area contributed by atoms with Gasteiger partial charge in [-0.05, 0) is 67.8 Å². The van der Waals surface area contributed by atoms with Crippen molar-refractivity contribution < 1.29 is 23.0 Å². The molecule has 6 heteroatoms. The number of rotatable bonds is 5. The van der Waals surface area contributed by atoms with Crippen LogP contribution in [0.2, 0.25) is 0 Å². The lowest BCUT2D eigenvalue weighted by Crippen LogP contribution is -2.06. The summed E-state index contributed by atoms with van der Waals surface area (Å²) in [6.45, 7) is 5.47. The Morgan fingerprint density at radius 1 is 0.929 bits per heavy atom. The normalized spacial score (nSPS) is 10.8. The Kier molecular flexibility index (Phi) is 5.52. The fourth-order valence-electron chi connectivity index (χ4n) is 3.33. The molecule has 0 saturated heterocycles. The van der Waals surface area contributed by atoms with Crippen LogP contribution in [0.25, 0.3) is 10.4 Å². The van der Waals surface area contributed by atoms with E-state index in [1.54, 1.807) is 20.1 Å². The van der Waals surface area contributed by atoms with Crippen LogP contribution in [0.4, 0.5) is 8.78 Å². The molecular formula is C22H20F2O3S. The van der Waals surface area contributed by atoms with Crippen LogP contribution in [0.15, 0.2) is 30.3 Å². The van der Waals surface area contributed by atoms with Crippen molar-refractivity contribution in [2.24, 2.45) is 0 Å². The van der Waals surface area contributed by atoms with Gasteiger partial charge in [-0.3, -0.25) is 4.79 Å². The van der Waals surface area contributed by atoms with Crippen LogP contribution in [0.1, 0.15) is 31.9 Å². The molecule has 0 saturated carbocycles. The van der Waals surface area contributed by atoms with Crippen LogP contribution in [0.5, 0.6) is 11.5 Å². The lowest BCUT2D eigenvalue weighted by molar-refractivity contribution is 0.104. The Bertz CT molecular complexity index is 1050. The average molecular weight is 402 g/mol. The van der Waals surface area contributed by atoms with Crippen LogP contribution in [0.3, 0.4) is 0 Å². The Balaban J connectivity index is 2.02. The van der Waals surface area contributed by atoms with Gasteiger partial charge < -0.3 is 9.47 Å². The second kappa shape index (κ2) is 7.72. The minimum absolute atomic E-state index is 0.0891. The van der Waals surface area contributed by atoms with Gasteiger partial charge in [-0.2, -0.15) is 4.39 Å². The van der Waals surface area contributed by atoms with E-state index in [0.29, 0.717) is 4.88 Å². The molecule has 0 fully saturated rings. The Labute approximate surface area is 166 Å². The Hall–Kier alpha value is -2.73. The molecular weight excluding hydrogens is 382 g/mol. The van der Waals surface area contributed by atoms with E-state index in [1.807, 2.05) is 32.0 Å². The number of ketones is 1. The van der Waals surface area contributed by atoms with Gasteiger partial charge in [0.05, 0.1) is 19.1 Å². The zero-order valence-corrected chi connectivity index (χ0v) is 17.1. The van der Waals surface area contributed by atoms with E-state index < -0.39 is 11.6 Å². The summed E-state index contributed by atoms with van der Waals surface area (Å²) in [4.78, 5) is 14.3. The molecule has 0 unspecified atom stereocenters. The van der Waals surface area contributed by atoms with Crippen LogP contribution >= 0.6 is 11.3 Å². The SMILES string of the molecule is COc1c(C)cc(-c2ccc(C(=O)c3cc(F)c(F)c(OC)c3C)s2)cc1C. The molecule has 0 aliphatic heterocycles. The summed E-state index contributed by atoms with van der Waals surface area (Å²) in [5, 5.41) is 0. The number of aryl methyl sites for hydroxylation is 2. The van der Waals surface area contributed by atoms with Gasteiger partial charge in [0.2, 0.25) is 11.6 Å². The highest BCUT2D eigenvalue weighted by atomic mass is 32.1. The van der Waals surface area contributed by atoms with E-state index >= 15 is 0 Å². The quantitative estimate of drug-likeness (QED) is 0.501. The van der Waals surface area contributed by atoms with Gasteiger partial charge in [0.15, 0.2) is 11.6 Å². The maximum Gasteiger partial charge on any atom is 0.203 e. The zero-order valence-electron chi connectivity index (χ0n) is 16.3. The first kappa shape index (κ1) is 20.0. The smallest absolute Gasteiger partial charge is 0.203 e. The maximum absolute atomic E-state index is 13.9. The molecule has 0 atom stereocenters. The van der Waals surface area contributed by atoms with Crippen molar-refractivity contribution in [1.82, 2.24) is 0 Å². The third kappa shape index (κ3) is 3.40. The van der Waals surface area contributed by atoms with Crippen molar-refractivity contribution in [1.29, 1.82) is 0 Å². The average Bonchev–Trinajstić information content (AvgIpc) is 3.14. The molecule has 0 amide bonds. The molecule has 0 spiro atoms. The predicted octanol–water partition coefficient (Wildman–Crippen LogP) is 5.87. The van der Waals surface area contributed by atoms with Gasteiger partial charge >= 0.3 is 0 Å². The largest absolute Gasteiger partial charge is 0.496 e. The summed E-state index contributed by atoms with van der Waals surface area (Å²) in [7, 11) is 2.88. The minimum atomic E-state index is -1.11. The third-order valence-electron chi connectivity index (χ3n) is 4.65. The number of thiophene rings is 1. The van der Waals surface area contributed by atoms with Crippen molar-refractivity contribution >= 4 is 17.1 Å². The van der Waals surface area contributed by atoms with E-state index in [-0.39, 0.29) is 22.7 Å². The monoisotopic (exact) mass is 402 g/mol. The van der Waals surface area contributed by atoms with Gasteiger partial charge in [-0.1, -0.05) is 0 Å². The van der Waals surface area contributed by atoms with Gasteiger partial charge in [0.25, 0.3) is 0 Å². The fourth-order valence-corrected chi connectivity index (χ4v) is 4.28. The molecule has 1 aromatic heterocycles. The van der Waals surface area contributed by atoms with Crippen molar-refractivity contribution in [3.05, 3.63) is 69.1 Å². The summed E-state index contributed by atoms with van der Waals surface area (Å²) >= 11 is 1.30. The van der Waals surface area contributed by atoms with Crippen molar-refractivity contribution in [2.75, 3.05) is 14.2 Å². The van der Waals surface area contributed by atoms with E-state index in [4.69, 9.17) is 9.47 Å². The third-order valence-corrected chi connectivity index (χ3v) is 5.79. The lowest BCUT2D eigenvalue weighted by atomic mass is 10.0. The first-order valence-corrected chi connectivity index (χ1v) is 9.42. The van der Waals surface area contributed by atoms with Crippen LogP contribution in [-0.4, -0.2) is 20.0 Å². The zero-order chi connectivity index (χ0) is 20.6. The molecule has 3 aromatic rings. The topological polar surface area (TPSA) is 35.5 Å². The molecule has 3 nitrogen and oxygen atoms in total. The maximum atomic E-state index is 13.9. The highest BCUT2D eigenvalue weighted by Crippen LogP contribution is 2.36. The molecule has 0 aliphatic carbocycles. The van der Waals surface area contributed by atoms with Gasteiger partial charge in [-0.25, -0.2) is 4.39 Å². The molecule has 2 aromatic carbocycles. The molecule has 3 rings (SSSR count). The second-order valence-corrected chi connectivity index (χ2v) is 7.60. The first-order valence-electron chi connectivity index (χ1n) is 8.61. The molecule has 146 valence electrons. The van der Waals surface area contributed by atoms with Crippen LogP contribution in [0, 0.1) is 32.4 Å². The van der Waals surface area contributed by atoms with Gasteiger partial charge in [0, 0.05) is 16.0 Å².